The number of nitrogens with one attached hydrogen (secondary N) is 2. The summed E-state index contributed by atoms with van der Waals surface area (Å²) >= 11 is 1.86. The maximum Gasteiger partial charge on any atom is 0.191 e. The molecule has 0 amide bonds. The molecule has 0 bridgehead atoms. The number of hydrogen-bond donors (Lipinski definition) is 2. The van der Waals surface area contributed by atoms with Crippen molar-refractivity contribution in [2.45, 2.75) is 45.8 Å². The fourth-order valence-corrected chi connectivity index (χ4v) is 1.95. The van der Waals surface area contributed by atoms with E-state index in [4.69, 9.17) is 0 Å². The highest BCUT2D eigenvalue weighted by Gasteiger charge is 2.15. The quantitative estimate of drug-likeness (QED) is 0.318. The summed E-state index contributed by atoms with van der Waals surface area (Å²) in [4.78, 5) is 7.14. The van der Waals surface area contributed by atoms with E-state index in [9.17, 15) is 0 Å². The van der Waals surface area contributed by atoms with Gasteiger partial charge < -0.3 is 15.5 Å². The Hall–Kier alpha value is 0.310. The van der Waals surface area contributed by atoms with Crippen molar-refractivity contribution in [1.29, 1.82) is 0 Å². The van der Waals surface area contributed by atoms with Crippen molar-refractivity contribution >= 4 is 41.7 Å². The Kier molecular flexibility index (Phi) is 15.6. The minimum atomic E-state index is 0. The highest BCUT2D eigenvalue weighted by atomic mass is 127. The lowest BCUT2D eigenvalue weighted by atomic mass is 10.2. The first-order valence-corrected chi connectivity index (χ1v) is 9.01. The molecule has 128 valence electrons. The highest BCUT2D eigenvalue weighted by molar-refractivity contribution is 14.0. The minimum absolute atomic E-state index is 0. The second-order valence-corrected chi connectivity index (χ2v) is 7.03. The van der Waals surface area contributed by atoms with E-state index >= 15 is 0 Å². The topological polar surface area (TPSA) is 39.7 Å². The van der Waals surface area contributed by atoms with Gasteiger partial charge in [-0.3, -0.25) is 4.99 Å². The number of rotatable bonds is 10. The standard InChI is InChI=1S/C15H34N4S.HI/c1-7-11-19(9-3)12-10-17-14(16-8-2)18-13-15(4,5)20-6;/h7-13H2,1-6H3,(H2,16,17,18);1H. The van der Waals surface area contributed by atoms with Crippen LogP contribution in [-0.4, -0.2) is 61.1 Å². The number of likely N-dealkylation sites (N-methyl/N-ethyl adjacent to an activating group) is 1. The highest BCUT2D eigenvalue weighted by Crippen LogP contribution is 2.20. The van der Waals surface area contributed by atoms with Gasteiger partial charge in [0.05, 0.1) is 6.54 Å². The second kappa shape index (κ2) is 13.9. The third kappa shape index (κ3) is 12.5. The average molecular weight is 430 g/mol. The van der Waals surface area contributed by atoms with Crippen LogP contribution in [0.4, 0.5) is 0 Å². The zero-order chi connectivity index (χ0) is 15.4. The molecule has 0 fully saturated rings. The number of aliphatic imine (C=N–C) groups is 1. The van der Waals surface area contributed by atoms with Gasteiger partial charge in [-0.05, 0) is 46.5 Å². The van der Waals surface area contributed by atoms with E-state index in [1.165, 1.54) is 13.0 Å². The Balaban J connectivity index is 0. The molecule has 0 aromatic heterocycles. The van der Waals surface area contributed by atoms with Gasteiger partial charge in [-0.2, -0.15) is 11.8 Å². The average Bonchev–Trinajstić information content (AvgIpc) is 2.43. The van der Waals surface area contributed by atoms with E-state index in [-0.39, 0.29) is 28.7 Å². The Morgan fingerprint density at radius 3 is 2.29 bits per heavy atom. The smallest absolute Gasteiger partial charge is 0.191 e. The van der Waals surface area contributed by atoms with Crippen LogP contribution < -0.4 is 10.6 Å². The van der Waals surface area contributed by atoms with Crippen molar-refractivity contribution in [2.24, 2.45) is 4.99 Å². The van der Waals surface area contributed by atoms with Crippen LogP contribution in [-0.2, 0) is 0 Å². The first kappa shape index (κ1) is 23.6. The van der Waals surface area contributed by atoms with Crippen LogP contribution in [0.15, 0.2) is 4.99 Å². The van der Waals surface area contributed by atoms with Crippen LogP contribution in [0.5, 0.6) is 0 Å². The van der Waals surface area contributed by atoms with Gasteiger partial charge in [0.15, 0.2) is 5.96 Å². The molecular weight excluding hydrogens is 395 g/mol. The normalized spacial score (nSPS) is 12.2. The van der Waals surface area contributed by atoms with E-state index in [0.717, 1.165) is 38.7 Å². The summed E-state index contributed by atoms with van der Waals surface area (Å²) in [6.45, 7) is 17.0. The van der Waals surface area contributed by atoms with Gasteiger partial charge in [-0.1, -0.05) is 13.8 Å². The van der Waals surface area contributed by atoms with Crippen molar-refractivity contribution in [3.8, 4) is 0 Å². The van der Waals surface area contributed by atoms with E-state index in [0.29, 0.717) is 0 Å². The Morgan fingerprint density at radius 2 is 1.81 bits per heavy atom. The Morgan fingerprint density at radius 1 is 1.14 bits per heavy atom. The van der Waals surface area contributed by atoms with Gasteiger partial charge in [0.2, 0.25) is 0 Å². The van der Waals surface area contributed by atoms with E-state index in [1.54, 1.807) is 0 Å². The van der Waals surface area contributed by atoms with Gasteiger partial charge in [0, 0.05) is 24.4 Å². The molecule has 0 aliphatic rings. The maximum atomic E-state index is 4.68. The fourth-order valence-electron chi connectivity index (χ4n) is 1.75. The summed E-state index contributed by atoms with van der Waals surface area (Å²) in [6.07, 6.45) is 3.35. The molecule has 0 aromatic carbocycles. The van der Waals surface area contributed by atoms with Crippen molar-refractivity contribution in [3.63, 3.8) is 0 Å². The summed E-state index contributed by atoms with van der Waals surface area (Å²) in [5.74, 6) is 0.933. The molecule has 0 unspecified atom stereocenters. The minimum Gasteiger partial charge on any atom is -0.357 e. The molecule has 0 radical (unpaired) electrons. The summed E-state index contributed by atoms with van der Waals surface area (Å²) in [7, 11) is 0. The molecule has 21 heavy (non-hydrogen) atoms. The number of thioether (sulfide) groups is 1. The maximum absolute atomic E-state index is 4.68. The fraction of sp³-hybridized carbons (Fsp3) is 0.933. The third-order valence-electron chi connectivity index (χ3n) is 3.22. The van der Waals surface area contributed by atoms with Gasteiger partial charge in [0.1, 0.15) is 0 Å². The number of guanidine groups is 1. The van der Waals surface area contributed by atoms with Crippen molar-refractivity contribution in [2.75, 3.05) is 45.5 Å². The van der Waals surface area contributed by atoms with Crippen LogP contribution >= 0.6 is 35.7 Å². The summed E-state index contributed by atoms with van der Waals surface area (Å²) < 4.78 is 0.194. The number of nitrogens with zero attached hydrogens (tertiary/aromatic N) is 2. The predicted octanol–water partition coefficient (Wildman–Crippen LogP) is 3.03. The largest absolute Gasteiger partial charge is 0.357 e. The van der Waals surface area contributed by atoms with Gasteiger partial charge in [0.25, 0.3) is 0 Å². The van der Waals surface area contributed by atoms with E-state index in [1.807, 2.05) is 11.8 Å². The second-order valence-electron chi connectivity index (χ2n) is 5.52. The molecule has 0 aromatic rings. The molecule has 0 spiro atoms. The first-order valence-electron chi connectivity index (χ1n) is 7.78. The molecule has 0 aliphatic heterocycles. The number of hydrogen-bond acceptors (Lipinski definition) is 3. The SMILES string of the molecule is CCCN(CC)CCNC(=NCC(C)(C)SC)NCC.I. The molecule has 0 heterocycles. The zero-order valence-electron chi connectivity index (χ0n) is 14.7. The third-order valence-corrected chi connectivity index (χ3v) is 4.46. The van der Waals surface area contributed by atoms with Crippen LogP contribution in [0.1, 0.15) is 41.0 Å². The number of halogens is 1. The summed E-state index contributed by atoms with van der Waals surface area (Å²) in [5.41, 5.74) is 0. The van der Waals surface area contributed by atoms with E-state index in [2.05, 4.69) is 61.4 Å². The van der Waals surface area contributed by atoms with Crippen LogP contribution in [0.25, 0.3) is 0 Å². The van der Waals surface area contributed by atoms with Crippen molar-refractivity contribution in [3.05, 3.63) is 0 Å². The van der Waals surface area contributed by atoms with Crippen molar-refractivity contribution < 1.29 is 0 Å². The monoisotopic (exact) mass is 430 g/mol. The molecule has 2 N–H and O–H groups in total. The van der Waals surface area contributed by atoms with Crippen LogP contribution in [0, 0.1) is 0 Å². The molecule has 6 heteroatoms. The van der Waals surface area contributed by atoms with Crippen LogP contribution in [0.3, 0.4) is 0 Å². The van der Waals surface area contributed by atoms with Gasteiger partial charge >= 0.3 is 0 Å². The molecule has 0 aliphatic carbocycles. The zero-order valence-corrected chi connectivity index (χ0v) is 17.8. The lowest BCUT2D eigenvalue weighted by Gasteiger charge is -2.22. The van der Waals surface area contributed by atoms with Gasteiger partial charge in [-0.15, -0.1) is 24.0 Å². The molecule has 4 nitrogen and oxygen atoms in total. The predicted molar refractivity (Wildman–Crippen MR) is 109 cm³/mol. The van der Waals surface area contributed by atoms with Crippen LogP contribution in [0.2, 0.25) is 0 Å². The Labute approximate surface area is 153 Å². The first-order chi connectivity index (χ1) is 9.49. The molecule has 0 atom stereocenters. The lowest BCUT2D eigenvalue weighted by Crippen LogP contribution is -2.42. The Bertz CT molecular complexity index is 272. The lowest BCUT2D eigenvalue weighted by molar-refractivity contribution is 0.293. The van der Waals surface area contributed by atoms with E-state index < -0.39 is 0 Å². The molecule has 0 rings (SSSR count). The van der Waals surface area contributed by atoms with Gasteiger partial charge in [-0.25, -0.2) is 0 Å². The van der Waals surface area contributed by atoms with Crippen molar-refractivity contribution in [1.82, 2.24) is 15.5 Å². The summed E-state index contributed by atoms with van der Waals surface area (Å²) in [5, 5.41) is 6.74. The molecule has 0 saturated carbocycles. The summed E-state index contributed by atoms with van der Waals surface area (Å²) in [6, 6.07) is 0. The molecule has 0 saturated heterocycles. The molecular formula is C15H35IN4S.